The molecule has 1 heterocycles. The van der Waals surface area contributed by atoms with Gasteiger partial charge in [-0.05, 0) is 26.0 Å². The van der Waals surface area contributed by atoms with E-state index in [-0.39, 0.29) is 17.6 Å². The molecule has 1 amide bonds. The molecule has 1 saturated heterocycles. The minimum absolute atomic E-state index is 0.0999. The van der Waals surface area contributed by atoms with Crippen molar-refractivity contribution in [3.8, 4) is 0 Å². The number of rotatable bonds is 1. The zero-order chi connectivity index (χ0) is 14.2. The number of halogens is 3. The van der Waals surface area contributed by atoms with E-state index in [1.54, 1.807) is 0 Å². The molecule has 0 aliphatic carbocycles. The third-order valence-corrected chi connectivity index (χ3v) is 3.08. The minimum Gasteiger partial charge on any atom is -0.336 e. The fourth-order valence-electron chi connectivity index (χ4n) is 2.35. The first kappa shape index (κ1) is 13.9. The predicted molar refractivity (Wildman–Crippen MR) is 64.3 cm³/mol. The number of nitrogens with zero attached hydrogens (tertiary/aromatic N) is 1. The fourth-order valence-corrected chi connectivity index (χ4v) is 2.35. The van der Waals surface area contributed by atoms with E-state index in [4.69, 9.17) is 0 Å². The Balaban J connectivity index is 2.24. The predicted octanol–water partition coefficient (Wildman–Crippen LogP) is 1.93. The summed E-state index contributed by atoms with van der Waals surface area (Å²) >= 11 is 0. The van der Waals surface area contributed by atoms with Gasteiger partial charge in [0.15, 0.2) is 17.5 Å². The van der Waals surface area contributed by atoms with Crippen LogP contribution in [-0.4, -0.2) is 36.0 Å². The molecular weight excluding hydrogens is 257 g/mol. The molecular formula is C13H15F3N2O. The molecule has 2 rings (SSSR count). The van der Waals surface area contributed by atoms with Crippen LogP contribution in [0.2, 0.25) is 0 Å². The summed E-state index contributed by atoms with van der Waals surface area (Å²) in [6.45, 7) is 4.73. The van der Waals surface area contributed by atoms with Gasteiger partial charge in [0.1, 0.15) is 0 Å². The van der Waals surface area contributed by atoms with Crippen molar-refractivity contribution in [1.82, 2.24) is 10.2 Å². The average Bonchev–Trinajstić information content (AvgIpc) is 2.33. The zero-order valence-electron chi connectivity index (χ0n) is 10.7. The number of piperazine rings is 1. The Kier molecular flexibility index (Phi) is 3.80. The first-order valence-electron chi connectivity index (χ1n) is 6.08. The van der Waals surface area contributed by atoms with Gasteiger partial charge in [0.25, 0.3) is 5.91 Å². The van der Waals surface area contributed by atoms with E-state index in [0.717, 1.165) is 12.1 Å². The topological polar surface area (TPSA) is 32.3 Å². The number of nitrogens with one attached hydrogen (secondary N) is 1. The van der Waals surface area contributed by atoms with Gasteiger partial charge >= 0.3 is 0 Å². The van der Waals surface area contributed by atoms with Crippen molar-refractivity contribution in [2.45, 2.75) is 25.9 Å². The van der Waals surface area contributed by atoms with E-state index < -0.39 is 23.4 Å². The van der Waals surface area contributed by atoms with Crippen molar-refractivity contribution in [2.75, 3.05) is 13.1 Å². The van der Waals surface area contributed by atoms with Crippen LogP contribution in [0.1, 0.15) is 24.2 Å². The van der Waals surface area contributed by atoms with Gasteiger partial charge in [0.05, 0.1) is 0 Å². The van der Waals surface area contributed by atoms with E-state index in [0.29, 0.717) is 13.1 Å². The monoisotopic (exact) mass is 272 g/mol. The van der Waals surface area contributed by atoms with Crippen LogP contribution in [0.5, 0.6) is 0 Å². The Hall–Kier alpha value is -1.56. The molecule has 0 bridgehead atoms. The molecule has 6 heteroatoms. The molecule has 0 spiro atoms. The molecule has 1 fully saturated rings. The van der Waals surface area contributed by atoms with Crippen molar-refractivity contribution in [3.63, 3.8) is 0 Å². The second-order valence-corrected chi connectivity index (χ2v) is 4.93. The summed E-state index contributed by atoms with van der Waals surface area (Å²) in [6, 6.07) is 1.67. The third-order valence-electron chi connectivity index (χ3n) is 3.08. The van der Waals surface area contributed by atoms with Crippen molar-refractivity contribution < 1.29 is 18.0 Å². The van der Waals surface area contributed by atoms with Crippen LogP contribution in [0.4, 0.5) is 13.2 Å². The highest BCUT2D eigenvalue weighted by atomic mass is 19.2. The van der Waals surface area contributed by atoms with Gasteiger partial charge in [-0.25, -0.2) is 13.2 Å². The lowest BCUT2D eigenvalue weighted by Gasteiger charge is -2.36. The second-order valence-electron chi connectivity index (χ2n) is 4.93. The minimum atomic E-state index is -1.56. The van der Waals surface area contributed by atoms with Gasteiger partial charge < -0.3 is 10.2 Å². The Bertz CT molecular complexity index is 474. The fraction of sp³-hybridized carbons (Fsp3) is 0.462. The van der Waals surface area contributed by atoms with Crippen LogP contribution in [0.25, 0.3) is 0 Å². The molecule has 1 aliphatic heterocycles. The number of hydrogen-bond donors (Lipinski definition) is 1. The summed E-state index contributed by atoms with van der Waals surface area (Å²) in [5, 5.41) is 3.25. The highest BCUT2D eigenvalue weighted by Gasteiger charge is 2.26. The molecule has 19 heavy (non-hydrogen) atoms. The van der Waals surface area contributed by atoms with E-state index in [9.17, 15) is 18.0 Å². The maximum absolute atomic E-state index is 13.1. The van der Waals surface area contributed by atoms with Crippen molar-refractivity contribution in [3.05, 3.63) is 35.1 Å². The molecule has 1 aromatic carbocycles. The highest BCUT2D eigenvalue weighted by molar-refractivity contribution is 5.94. The van der Waals surface area contributed by atoms with Gasteiger partial charge in [0.2, 0.25) is 0 Å². The van der Waals surface area contributed by atoms with Crippen LogP contribution >= 0.6 is 0 Å². The number of carbonyl (C=O) groups excluding carboxylic acids is 1. The summed E-state index contributed by atoms with van der Waals surface area (Å²) in [4.78, 5) is 13.7. The Morgan fingerprint density at radius 2 is 1.63 bits per heavy atom. The lowest BCUT2D eigenvalue weighted by Crippen LogP contribution is -2.55. The molecule has 1 aliphatic rings. The van der Waals surface area contributed by atoms with Gasteiger partial charge in [-0.2, -0.15) is 0 Å². The summed E-state index contributed by atoms with van der Waals surface area (Å²) in [5.41, 5.74) is -0.169. The second kappa shape index (κ2) is 5.21. The molecule has 0 aromatic heterocycles. The zero-order valence-corrected chi connectivity index (χ0v) is 10.7. The summed E-state index contributed by atoms with van der Waals surface area (Å²) in [6.07, 6.45) is 0. The normalized spacial score (nSPS) is 23.5. The lowest BCUT2D eigenvalue weighted by molar-refractivity contribution is 0.0672. The molecule has 0 unspecified atom stereocenters. The number of amides is 1. The summed E-state index contributed by atoms with van der Waals surface area (Å²) in [7, 11) is 0. The molecule has 1 N–H and O–H groups in total. The van der Waals surface area contributed by atoms with Gasteiger partial charge in [0, 0.05) is 30.7 Å². The van der Waals surface area contributed by atoms with Crippen LogP contribution < -0.4 is 5.32 Å². The van der Waals surface area contributed by atoms with E-state index >= 15 is 0 Å². The van der Waals surface area contributed by atoms with E-state index in [1.807, 2.05) is 13.8 Å². The van der Waals surface area contributed by atoms with Gasteiger partial charge in [-0.3, -0.25) is 4.79 Å². The third kappa shape index (κ3) is 2.89. The van der Waals surface area contributed by atoms with E-state index in [2.05, 4.69) is 5.32 Å². The van der Waals surface area contributed by atoms with Crippen LogP contribution in [-0.2, 0) is 0 Å². The molecule has 1 aromatic rings. The van der Waals surface area contributed by atoms with Crippen molar-refractivity contribution in [2.24, 2.45) is 0 Å². The quantitative estimate of drug-likeness (QED) is 0.792. The summed E-state index contributed by atoms with van der Waals surface area (Å²) in [5.74, 6) is -4.74. The lowest BCUT2D eigenvalue weighted by atomic mass is 10.1. The van der Waals surface area contributed by atoms with Gasteiger partial charge in [-0.1, -0.05) is 0 Å². The van der Waals surface area contributed by atoms with Crippen LogP contribution in [0.15, 0.2) is 12.1 Å². The van der Waals surface area contributed by atoms with Crippen molar-refractivity contribution >= 4 is 5.91 Å². The Morgan fingerprint density at radius 1 is 1.16 bits per heavy atom. The molecule has 2 atom stereocenters. The summed E-state index contributed by atoms with van der Waals surface area (Å²) < 4.78 is 39.1. The molecule has 104 valence electrons. The average molecular weight is 272 g/mol. The molecule has 0 saturated carbocycles. The maximum Gasteiger partial charge on any atom is 0.254 e. The molecule has 0 radical (unpaired) electrons. The highest BCUT2D eigenvalue weighted by Crippen LogP contribution is 2.16. The maximum atomic E-state index is 13.1. The first-order chi connectivity index (χ1) is 8.88. The van der Waals surface area contributed by atoms with Crippen molar-refractivity contribution in [1.29, 1.82) is 0 Å². The Morgan fingerprint density at radius 3 is 2.11 bits per heavy atom. The SMILES string of the molecule is C[C@H]1CN(C(=O)c2cc(F)c(F)c(F)c2)C[C@H](C)N1. The largest absolute Gasteiger partial charge is 0.336 e. The number of benzene rings is 1. The first-order valence-corrected chi connectivity index (χ1v) is 6.08. The smallest absolute Gasteiger partial charge is 0.254 e. The Labute approximate surface area is 109 Å². The molecule has 3 nitrogen and oxygen atoms in total. The van der Waals surface area contributed by atoms with Gasteiger partial charge in [-0.15, -0.1) is 0 Å². The number of carbonyl (C=O) groups is 1. The van der Waals surface area contributed by atoms with Crippen LogP contribution in [0.3, 0.4) is 0 Å². The number of hydrogen-bond acceptors (Lipinski definition) is 2. The van der Waals surface area contributed by atoms with E-state index in [1.165, 1.54) is 4.90 Å². The van der Waals surface area contributed by atoms with Crippen LogP contribution in [0, 0.1) is 17.5 Å². The standard InChI is InChI=1S/C13H15F3N2O/c1-7-5-18(6-8(2)17-7)13(19)9-3-10(14)12(16)11(15)4-9/h3-4,7-8,17H,5-6H2,1-2H3/t7-,8-/m0/s1.